The first kappa shape index (κ1) is 12.2. The molecule has 4 heteroatoms. The predicted molar refractivity (Wildman–Crippen MR) is 76.0 cm³/mol. The summed E-state index contributed by atoms with van der Waals surface area (Å²) in [6.07, 6.45) is 4.78. The van der Waals surface area contributed by atoms with Gasteiger partial charge >= 0.3 is 0 Å². The van der Waals surface area contributed by atoms with Crippen molar-refractivity contribution in [1.29, 1.82) is 0 Å². The quantitative estimate of drug-likeness (QED) is 0.782. The number of nitrogens with one attached hydrogen (secondary N) is 2. The van der Waals surface area contributed by atoms with Gasteiger partial charge in [-0.15, -0.1) is 0 Å². The van der Waals surface area contributed by atoms with Crippen LogP contribution in [0, 0.1) is 0 Å². The molecule has 1 aromatic carbocycles. The molecule has 0 saturated carbocycles. The Balaban J connectivity index is 1.97. The molecule has 0 aliphatic carbocycles. The summed E-state index contributed by atoms with van der Waals surface area (Å²) in [5, 5.41) is 4.63. The monoisotopic (exact) mass is 257 g/mol. The van der Waals surface area contributed by atoms with Crippen molar-refractivity contribution in [2.45, 2.75) is 25.2 Å². The molecule has 2 aromatic rings. The largest absolute Gasteiger partial charge is 0.369 e. The highest BCUT2D eigenvalue weighted by Gasteiger charge is 2.18. The Labute approximate surface area is 112 Å². The van der Waals surface area contributed by atoms with Crippen molar-refractivity contribution < 1.29 is 4.79 Å². The highest BCUT2D eigenvalue weighted by molar-refractivity contribution is 5.86. The Hall–Kier alpha value is -1.81. The smallest absolute Gasteiger partial charge is 0.221 e. The van der Waals surface area contributed by atoms with Gasteiger partial charge in [-0.3, -0.25) is 4.79 Å². The summed E-state index contributed by atoms with van der Waals surface area (Å²) in [5.41, 5.74) is 8.78. The van der Waals surface area contributed by atoms with E-state index in [4.69, 9.17) is 5.73 Å². The van der Waals surface area contributed by atoms with Crippen LogP contribution in [-0.4, -0.2) is 24.0 Å². The summed E-state index contributed by atoms with van der Waals surface area (Å²) < 4.78 is 0. The van der Waals surface area contributed by atoms with Gasteiger partial charge in [0.25, 0.3) is 0 Å². The number of fused-ring (bicyclic) bond motifs is 1. The van der Waals surface area contributed by atoms with E-state index in [1.807, 2.05) is 12.1 Å². The number of hydrogen-bond donors (Lipinski definition) is 3. The van der Waals surface area contributed by atoms with Gasteiger partial charge in [0, 0.05) is 17.1 Å². The number of aromatic nitrogens is 1. The van der Waals surface area contributed by atoms with E-state index >= 15 is 0 Å². The minimum atomic E-state index is -0.279. The lowest BCUT2D eigenvalue weighted by molar-refractivity contribution is -0.117. The number of amides is 1. The summed E-state index contributed by atoms with van der Waals surface area (Å²) in [6, 6.07) is 6.11. The van der Waals surface area contributed by atoms with Crippen molar-refractivity contribution in [2.24, 2.45) is 5.73 Å². The minimum Gasteiger partial charge on any atom is -0.369 e. The van der Waals surface area contributed by atoms with E-state index in [2.05, 4.69) is 22.6 Å². The molecular weight excluding hydrogens is 238 g/mol. The molecular formula is C15H19N3O. The molecule has 1 aliphatic rings. The first-order valence-corrected chi connectivity index (χ1v) is 6.83. The van der Waals surface area contributed by atoms with Crippen LogP contribution in [0.15, 0.2) is 24.4 Å². The summed E-state index contributed by atoms with van der Waals surface area (Å²) in [6.45, 7) is 2.16. The lowest BCUT2D eigenvalue weighted by atomic mass is 9.89. The SMILES string of the molecule is NC(=O)Cc1ccc2[nH]cc(C3CCNCC3)c2c1. The standard InChI is InChI=1S/C15H19N3O/c16-15(19)8-10-1-2-14-12(7-10)13(9-18-14)11-3-5-17-6-4-11/h1-2,7,9,11,17-18H,3-6,8H2,(H2,16,19). The Kier molecular flexibility index (Phi) is 3.25. The van der Waals surface area contributed by atoms with Crippen LogP contribution in [-0.2, 0) is 11.2 Å². The molecule has 1 amide bonds. The van der Waals surface area contributed by atoms with Gasteiger partial charge in [-0.2, -0.15) is 0 Å². The van der Waals surface area contributed by atoms with E-state index in [1.54, 1.807) is 0 Å². The number of nitrogens with two attached hydrogens (primary N) is 1. The summed E-state index contributed by atoms with van der Waals surface area (Å²) in [5.74, 6) is 0.331. The van der Waals surface area contributed by atoms with E-state index in [0.717, 1.165) is 24.2 Å². The van der Waals surface area contributed by atoms with Crippen molar-refractivity contribution in [3.63, 3.8) is 0 Å². The summed E-state index contributed by atoms with van der Waals surface area (Å²) >= 11 is 0. The fraction of sp³-hybridized carbons (Fsp3) is 0.400. The molecule has 1 fully saturated rings. The predicted octanol–water partition coefficient (Wildman–Crippen LogP) is 1.66. The number of aromatic amines is 1. The third-order valence-electron chi connectivity index (χ3n) is 3.94. The van der Waals surface area contributed by atoms with Gasteiger partial charge in [0.1, 0.15) is 0 Å². The highest BCUT2D eigenvalue weighted by Crippen LogP contribution is 2.31. The van der Waals surface area contributed by atoms with Crippen LogP contribution < -0.4 is 11.1 Å². The molecule has 4 nitrogen and oxygen atoms in total. The van der Waals surface area contributed by atoms with Crippen LogP contribution in [0.2, 0.25) is 0 Å². The number of H-pyrrole nitrogens is 1. The molecule has 0 atom stereocenters. The molecule has 0 unspecified atom stereocenters. The van der Waals surface area contributed by atoms with Gasteiger partial charge in [0.2, 0.25) is 5.91 Å². The van der Waals surface area contributed by atoms with E-state index < -0.39 is 0 Å². The Morgan fingerprint density at radius 2 is 2.11 bits per heavy atom. The average molecular weight is 257 g/mol. The number of rotatable bonds is 3. The fourth-order valence-corrected chi connectivity index (χ4v) is 2.97. The maximum Gasteiger partial charge on any atom is 0.221 e. The Morgan fingerprint density at radius 1 is 1.32 bits per heavy atom. The van der Waals surface area contributed by atoms with Crippen molar-refractivity contribution in [3.8, 4) is 0 Å². The van der Waals surface area contributed by atoms with Crippen molar-refractivity contribution >= 4 is 16.8 Å². The molecule has 0 bridgehead atoms. The van der Waals surface area contributed by atoms with Crippen LogP contribution in [0.5, 0.6) is 0 Å². The summed E-state index contributed by atoms with van der Waals surface area (Å²) in [4.78, 5) is 14.4. The molecule has 100 valence electrons. The highest BCUT2D eigenvalue weighted by atomic mass is 16.1. The van der Waals surface area contributed by atoms with E-state index in [0.29, 0.717) is 12.3 Å². The first-order chi connectivity index (χ1) is 9.24. The number of piperidine rings is 1. The molecule has 1 saturated heterocycles. The number of carbonyl (C=O) groups excluding carboxylic acids is 1. The number of carbonyl (C=O) groups is 1. The van der Waals surface area contributed by atoms with E-state index in [1.165, 1.54) is 23.8 Å². The Bertz CT molecular complexity index is 596. The topological polar surface area (TPSA) is 70.9 Å². The van der Waals surface area contributed by atoms with E-state index in [9.17, 15) is 4.79 Å². The molecule has 0 spiro atoms. The van der Waals surface area contributed by atoms with Gasteiger partial charge < -0.3 is 16.0 Å². The molecule has 1 aromatic heterocycles. The third-order valence-corrected chi connectivity index (χ3v) is 3.94. The second kappa shape index (κ2) is 5.05. The van der Waals surface area contributed by atoms with Gasteiger partial charge in [-0.05, 0) is 55.1 Å². The number of hydrogen-bond acceptors (Lipinski definition) is 2. The van der Waals surface area contributed by atoms with Crippen molar-refractivity contribution in [2.75, 3.05) is 13.1 Å². The zero-order chi connectivity index (χ0) is 13.2. The summed E-state index contributed by atoms with van der Waals surface area (Å²) in [7, 11) is 0. The molecule has 0 radical (unpaired) electrons. The first-order valence-electron chi connectivity index (χ1n) is 6.83. The second-order valence-corrected chi connectivity index (χ2v) is 5.29. The number of benzene rings is 1. The van der Waals surface area contributed by atoms with Crippen LogP contribution in [0.25, 0.3) is 10.9 Å². The van der Waals surface area contributed by atoms with Crippen LogP contribution >= 0.6 is 0 Å². The van der Waals surface area contributed by atoms with Gasteiger partial charge in [-0.1, -0.05) is 6.07 Å². The van der Waals surface area contributed by atoms with Gasteiger partial charge in [0.15, 0.2) is 0 Å². The van der Waals surface area contributed by atoms with Crippen LogP contribution in [0.1, 0.15) is 29.9 Å². The number of primary amides is 1. The van der Waals surface area contributed by atoms with Gasteiger partial charge in [0.05, 0.1) is 6.42 Å². The molecule has 2 heterocycles. The van der Waals surface area contributed by atoms with Crippen molar-refractivity contribution in [1.82, 2.24) is 10.3 Å². The molecule has 4 N–H and O–H groups in total. The lowest BCUT2D eigenvalue weighted by Crippen LogP contribution is -2.26. The van der Waals surface area contributed by atoms with E-state index in [-0.39, 0.29) is 5.91 Å². The zero-order valence-corrected chi connectivity index (χ0v) is 10.9. The minimum absolute atomic E-state index is 0.279. The second-order valence-electron chi connectivity index (χ2n) is 5.29. The maximum absolute atomic E-state index is 11.0. The third kappa shape index (κ3) is 2.49. The normalized spacial score (nSPS) is 16.8. The van der Waals surface area contributed by atoms with Gasteiger partial charge in [-0.25, -0.2) is 0 Å². The average Bonchev–Trinajstić information content (AvgIpc) is 2.82. The molecule has 1 aliphatic heterocycles. The molecule has 19 heavy (non-hydrogen) atoms. The lowest BCUT2D eigenvalue weighted by Gasteiger charge is -2.22. The maximum atomic E-state index is 11.0. The fourth-order valence-electron chi connectivity index (χ4n) is 2.97. The van der Waals surface area contributed by atoms with Crippen LogP contribution in [0.4, 0.5) is 0 Å². The molecule has 3 rings (SSSR count). The zero-order valence-electron chi connectivity index (χ0n) is 10.9. The van der Waals surface area contributed by atoms with Crippen molar-refractivity contribution in [3.05, 3.63) is 35.5 Å². The van der Waals surface area contributed by atoms with Crippen LogP contribution in [0.3, 0.4) is 0 Å². The Morgan fingerprint density at radius 3 is 2.84 bits per heavy atom.